The van der Waals surface area contributed by atoms with Crippen LogP contribution in [-0.4, -0.2) is 74.2 Å². The molecule has 0 aromatic rings. The van der Waals surface area contributed by atoms with Gasteiger partial charge in [0.05, 0.1) is 12.6 Å². The number of rotatable bonds is 2. The smallest absolute Gasteiger partial charge is 0.236 e. The zero-order valence-electron chi connectivity index (χ0n) is 11.4. The largest absolute Gasteiger partial charge is 0.377 e. The summed E-state index contributed by atoms with van der Waals surface area (Å²) in [6.45, 7) is 8.99. The number of hydrogen-bond acceptors (Lipinski definition) is 4. The highest BCUT2D eigenvalue weighted by molar-refractivity contribution is 5.78. The molecule has 104 valence electrons. The molecule has 5 heteroatoms. The van der Waals surface area contributed by atoms with Crippen molar-refractivity contribution in [1.29, 1.82) is 0 Å². The van der Waals surface area contributed by atoms with E-state index in [-0.39, 0.29) is 12.0 Å². The number of nitrogens with zero attached hydrogens (tertiary/aromatic N) is 2. The molecule has 18 heavy (non-hydrogen) atoms. The highest BCUT2D eigenvalue weighted by atomic mass is 16.5. The van der Waals surface area contributed by atoms with E-state index >= 15 is 0 Å². The molecule has 0 bridgehead atoms. The van der Waals surface area contributed by atoms with Crippen LogP contribution in [0.3, 0.4) is 0 Å². The van der Waals surface area contributed by atoms with E-state index < -0.39 is 0 Å². The lowest BCUT2D eigenvalue weighted by Crippen LogP contribution is -2.43. The van der Waals surface area contributed by atoms with Crippen molar-refractivity contribution in [2.24, 2.45) is 0 Å². The first-order chi connectivity index (χ1) is 8.75. The summed E-state index contributed by atoms with van der Waals surface area (Å²) in [6.07, 6.45) is 2.33. The Labute approximate surface area is 109 Å². The van der Waals surface area contributed by atoms with Crippen LogP contribution in [0.25, 0.3) is 0 Å². The lowest BCUT2D eigenvalue weighted by molar-refractivity contribution is -0.132. The van der Waals surface area contributed by atoms with Crippen LogP contribution in [0.2, 0.25) is 0 Å². The molecule has 2 aliphatic heterocycles. The molecule has 5 nitrogen and oxygen atoms in total. The zero-order chi connectivity index (χ0) is 12.8. The highest BCUT2D eigenvalue weighted by Gasteiger charge is 2.21. The van der Waals surface area contributed by atoms with Crippen molar-refractivity contribution < 1.29 is 9.53 Å². The van der Waals surface area contributed by atoms with Gasteiger partial charge in [0.25, 0.3) is 0 Å². The predicted molar refractivity (Wildman–Crippen MR) is 70.5 cm³/mol. The summed E-state index contributed by atoms with van der Waals surface area (Å²) >= 11 is 0. The molecule has 2 aliphatic rings. The van der Waals surface area contributed by atoms with Crippen LogP contribution in [0.5, 0.6) is 0 Å². The van der Waals surface area contributed by atoms with E-state index in [1.807, 2.05) is 4.90 Å². The summed E-state index contributed by atoms with van der Waals surface area (Å²) in [6, 6.07) is 0. The first-order valence-electron chi connectivity index (χ1n) is 7.08. The highest BCUT2D eigenvalue weighted by Crippen LogP contribution is 2.06. The molecule has 2 saturated heterocycles. The minimum Gasteiger partial charge on any atom is -0.377 e. The first kappa shape index (κ1) is 13.8. The molecule has 1 unspecified atom stereocenters. The summed E-state index contributed by atoms with van der Waals surface area (Å²) < 4.78 is 5.60. The van der Waals surface area contributed by atoms with Crippen LogP contribution in [0.4, 0.5) is 0 Å². The van der Waals surface area contributed by atoms with E-state index in [1.54, 1.807) is 0 Å². The van der Waals surface area contributed by atoms with Crippen molar-refractivity contribution in [3.63, 3.8) is 0 Å². The molecule has 2 heterocycles. The summed E-state index contributed by atoms with van der Waals surface area (Å²) in [4.78, 5) is 16.5. The van der Waals surface area contributed by atoms with Crippen molar-refractivity contribution in [1.82, 2.24) is 15.1 Å². The third-order valence-electron chi connectivity index (χ3n) is 3.59. The van der Waals surface area contributed by atoms with Gasteiger partial charge in [0.15, 0.2) is 0 Å². The third kappa shape index (κ3) is 4.23. The molecule has 0 aromatic carbocycles. The molecule has 1 atom stereocenters. The summed E-state index contributed by atoms with van der Waals surface area (Å²) in [5.74, 6) is 0.271. The van der Waals surface area contributed by atoms with E-state index in [9.17, 15) is 4.79 Å². The van der Waals surface area contributed by atoms with E-state index in [0.717, 1.165) is 58.7 Å². The second-order valence-electron chi connectivity index (χ2n) is 5.25. The molecule has 0 saturated carbocycles. The summed E-state index contributed by atoms with van der Waals surface area (Å²) in [7, 11) is 0. The Hall–Kier alpha value is -0.650. The average molecular weight is 255 g/mol. The fourth-order valence-electron chi connectivity index (χ4n) is 2.61. The Balaban J connectivity index is 1.81. The van der Waals surface area contributed by atoms with Gasteiger partial charge in [-0.1, -0.05) is 0 Å². The Morgan fingerprint density at radius 1 is 1.28 bits per heavy atom. The van der Waals surface area contributed by atoms with Crippen LogP contribution >= 0.6 is 0 Å². The van der Waals surface area contributed by atoms with Crippen molar-refractivity contribution in [3.05, 3.63) is 0 Å². The number of ether oxygens (including phenoxy) is 1. The van der Waals surface area contributed by atoms with Crippen LogP contribution in [0.1, 0.15) is 19.8 Å². The maximum atomic E-state index is 12.3. The van der Waals surface area contributed by atoms with Crippen molar-refractivity contribution >= 4 is 5.91 Å². The maximum absolute atomic E-state index is 12.3. The predicted octanol–water partition coefficient (Wildman–Crippen LogP) is -0.0809. The van der Waals surface area contributed by atoms with Crippen LogP contribution in [0, 0.1) is 0 Å². The van der Waals surface area contributed by atoms with Gasteiger partial charge in [0.2, 0.25) is 5.91 Å². The number of carbonyl (C=O) groups is 1. The monoisotopic (exact) mass is 255 g/mol. The number of carbonyl (C=O) groups excluding carboxylic acids is 1. The van der Waals surface area contributed by atoms with Gasteiger partial charge >= 0.3 is 0 Å². The number of amides is 1. The van der Waals surface area contributed by atoms with Gasteiger partial charge < -0.3 is 15.0 Å². The molecule has 0 aromatic heterocycles. The normalized spacial score (nSPS) is 27.6. The van der Waals surface area contributed by atoms with Crippen molar-refractivity contribution in [2.45, 2.75) is 25.9 Å². The number of hydrogen-bond donors (Lipinski definition) is 1. The van der Waals surface area contributed by atoms with Crippen molar-refractivity contribution in [3.8, 4) is 0 Å². The number of nitrogens with one attached hydrogen (secondary N) is 1. The second-order valence-corrected chi connectivity index (χ2v) is 5.25. The van der Waals surface area contributed by atoms with Gasteiger partial charge in [-0.05, 0) is 26.3 Å². The van der Waals surface area contributed by atoms with E-state index in [0.29, 0.717) is 6.54 Å². The van der Waals surface area contributed by atoms with Gasteiger partial charge in [-0.25, -0.2) is 0 Å². The first-order valence-corrected chi connectivity index (χ1v) is 7.08. The Kier molecular flexibility index (Phi) is 5.41. The maximum Gasteiger partial charge on any atom is 0.236 e. The Bertz CT molecular complexity index is 265. The van der Waals surface area contributed by atoms with Gasteiger partial charge in [-0.3, -0.25) is 9.69 Å². The fourth-order valence-corrected chi connectivity index (χ4v) is 2.61. The van der Waals surface area contributed by atoms with E-state index in [1.165, 1.54) is 0 Å². The minimum atomic E-state index is 0.242. The van der Waals surface area contributed by atoms with Crippen LogP contribution < -0.4 is 5.32 Å². The molecule has 0 spiro atoms. The molecule has 0 aliphatic carbocycles. The Morgan fingerprint density at radius 3 is 3.06 bits per heavy atom. The molecule has 0 radical (unpaired) electrons. The van der Waals surface area contributed by atoms with Gasteiger partial charge in [-0.15, -0.1) is 0 Å². The topological polar surface area (TPSA) is 44.8 Å². The molecule has 1 N–H and O–H groups in total. The second kappa shape index (κ2) is 7.07. The molecular formula is C13H25N3O2. The summed E-state index contributed by atoms with van der Waals surface area (Å²) in [5, 5.41) is 3.33. The van der Waals surface area contributed by atoms with E-state index in [2.05, 4.69) is 17.1 Å². The Morgan fingerprint density at radius 2 is 2.17 bits per heavy atom. The quantitative estimate of drug-likeness (QED) is 0.749. The zero-order valence-corrected chi connectivity index (χ0v) is 11.4. The van der Waals surface area contributed by atoms with Gasteiger partial charge in [0.1, 0.15) is 0 Å². The molecule has 2 fully saturated rings. The average Bonchev–Trinajstić information content (AvgIpc) is 2.71. The summed E-state index contributed by atoms with van der Waals surface area (Å²) in [5.41, 5.74) is 0. The van der Waals surface area contributed by atoms with E-state index in [4.69, 9.17) is 4.74 Å². The molecule has 2 rings (SSSR count). The third-order valence-corrected chi connectivity index (χ3v) is 3.59. The molecular weight excluding hydrogens is 230 g/mol. The SMILES string of the molecule is CC1CN(CC(=O)N2CCCNCC2)CCCO1. The van der Waals surface area contributed by atoms with Gasteiger partial charge in [0, 0.05) is 39.3 Å². The molecule has 1 amide bonds. The van der Waals surface area contributed by atoms with Crippen LogP contribution in [0.15, 0.2) is 0 Å². The lowest BCUT2D eigenvalue weighted by Gasteiger charge is -2.26. The van der Waals surface area contributed by atoms with Crippen LogP contribution in [-0.2, 0) is 9.53 Å². The van der Waals surface area contributed by atoms with Crippen molar-refractivity contribution in [2.75, 3.05) is 52.4 Å². The lowest BCUT2D eigenvalue weighted by atomic mass is 10.3. The van der Waals surface area contributed by atoms with Gasteiger partial charge in [-0.2, -0.15) is 0 Å². The minimum absolute atomic E-state index is 0.242. The fraction of sp³-hybridized carbons (Fsp3) is 0.923. The standard InChI is InChI=1S/C13H25N3O2/c1-12-10-15(6-3-9-18-12)11-13(17)16-7-2-4-14-5-8-16/h12,14H,2-11H2,1H3.